The number of nitrogens with zero attached hydrogens (tertiary/aromatic N) is 1. The van der Waals surface area contributed by atoms with Gasteiger partial charge in [0.25, 0.3) is 0 Å². The van der Waals surface area contributed by atoms with Crippen LogP contribution in [0.1, 0.15) is 46.5 Å². The second-order valence-corrected chi connectivity index (χ2v) is 5.97. The second kappa shape index (κ2) is 7.10. The summed E-state index contributed by atoms with van der Waals surface area (Å²) in [4.78, 5) is 14.3. The van der Waals surface area contributed by atoms with Gasteiger partial charge in [0.2, 0.25) is 5.91 Å². The number of nitrogens with one attached hydrogen (secondary N) is 1. The van der Waals surface area contributed by atoms with Gasteiger partial charge < -0.3 is 16.0 Å². The predicted octanol–water partition coefficient (Wildman–Crippen LogP) is 1.35. The molecule has 1 fully saturated rings. The van der Waals surface area contributed by atoms with Crippen molar-refractivity contribution < 1.29 is 4.79 Å². The van der Waals surface area contributed by atoms with Crippen molar-refractivity contribution in [3.63, 3.8) is 0 Å². The molecule has 18 heavy (non-hydrogen) atoms. The van der Waals surface area contributed by atoms with E-state index in [1.54, 1.807) is 0 Å². The number of carbonyl (C=O) groups excluding carboxylic acids is 1. The van der Waals surface area contributed by atoms with Crippen molar-refractivity contribution in [2.45, 2.75) is 52.0 Å². The Morgan fingerprint density at radius 2 is 2.28 bits per heavy atom. The van der Waals surface area contributed by atoms with Crippen LogP contribution in [0.15, 0.2) is 0 Å². The lowest BCUT2D eigenvalue weighted by Gasteiger charge is -2.31. The molecule has 2 unspecified atom stereocenters. The maximum absolute atomic E-state index is 11.9. The van der Waals surface area contributed by atoms with Crippen LogP contribution in [0.2, 0.25) is 0 Å². The Labute approximate surface area is 111 Å². The van der Waals surface area contributed by atoms with Crippen molar-refractivity contribution in [1.29, 1.82) is 0 Å². The third kappa shape index (κ3) is 4.94. The number of hydrogen-bond acceptors (Lipinski definition) is 3. The monoisotopic (exact) mass is 255 g/mol. The molecule has 0 radical (unpaired) electrons. The Morgan fingerprint density at radius 1 is 1.56 bits per heavy atom. The minimum Gasteiger partial charge on any atom is -0.353 e. The molecule has 1 heterocycles. The van der Waals surface area contributed by atoms with E-state index in [-0.39, 0.29) is 5.91 Å². The molecule has 1 saturated heterocycles. The molecule has 4 nitrogen and oxygen atoms in total. The highest BCUT2D eigenvalue weighted by Crippen LogP contribution is 2.14. The highest BCUT2D eigenvalue weighted by molar-refractivity contribution is 5.85. The van der Waals surface area contributed by atoms with E-state index in [2.05, 4.69) is 17.1 Å². The first-order valence-electron chi connectivity index (χ1n) is 7.25. The molecule has 1 amide bonds. The first kappa shape index (κ1) is 15.4. The van der Waals surface area contributed by atoms with E-state index in [4.69, 9.17) is 5.73 Å². The molecular formula is C14H29N3O. The summed E-state index contributed by atoms with van der Waals surface area (Å²) in [5, 5.41) is 2.96. The molecule has 0 saturated carbocycles. The topological polar surface area (TPSA) is 58.4 Å². The highest BCUT2D eigenvalue weighted by Gasteiger charge is 2.26. The van der Waals surface area contributed by atoms with Crippen molar-refractivity contribution in [2.75, 3.05) is 26.2 Å². The van der Waals surface area contributed by atoms with Crippen LogP contribution < -0.4 is 11.1 Å². The van der Waals surface area contributed by atoms with Gasteiger partial charge in [-0.2, -0.15) is 0 Å². The summed E-state index contributed by atoms with van der Waals surface area (Å²) in [7, 11) is 0. The summed E-state index contributed by atoms with van der Waals surface area (Å²) >= 11 is 0. The second-order valence-electron chi connectivity index (χ2n) is 5.97. The summed E-state index contributed by atoms with van der Waals surface area (Å²) in [5.74, 6) is 0.767. The average Bonchev–Trinajstić information content (AvgIpc) is 2.28. The summed E-state index contributed by atoms with van der Waals surface area (Å²) in [6.07, 6.45) is 4.28. The zero-order chi connectivity index (χ0) is 13.6. The van der Waals surface area contributed by atoms with Gasteiger partial charge in [-0.15, -0.1) is 0 Å². The summed E-state index contributed by atoms with van der Waals surface area (Å²) in [5.41, 5.74) is 5.27. The minimum absolute atomic E-state index is 0.0191. The Balaban J connectivity index is 2.22. The molecule has 0 spiro atoms. The minimum atomic E-state index is -0.718. The first-order chi connectivity index (χ1) is 8.45. The van der Waals surface area contributed by atoms with Crippen molar-refractivity contribution in [2.24, 2.45) is 11.7 Å². The molecule has 0 aromatic carbocycles. The lowest BCUT2D eigenvalue weighted by molar-refractivity contribution is -0.126. The van der Waals surface area contributed by atoms with Crippen LogP contribution >= 0.6 is 0 Å². The molecule has 0 bridgehead atoms. The predicted molar refractivity (Wildman–Crippen MR) is 75.3 cm³/mol. The summed E-state index contributed by atoms with van der Waals surface area (Å²) in [6, 6.07) is 0. The van der Waals surface area contributed by atoms with E-state index in [0.29, 0.717) is 6.54 Å². The zero-order valence-corrected chi connectivity index (χ0v) is 12.2. The quantitative estimate of drug-likeness (QED) is 0.753. The number of piperidine rings is 1. The number of amides is 1. The number of likely N-dealkylation sites (tertiary alicyclic amines) is 1. The lowest BCUT2D eigenvalue weighted by Crippen LogP contribution is -2.53. The van der Waals surface area contributed by atoms with Gasteiger partial charge in [-0.3, -0.25) is 4.79 Å². The van der Waals surface area contributed by atoms with Crippen LogP contribution in [0.4, 0.5) is 0 Å². The van der Waals surface area contributed by atoms with Gasteiger partial charge in [0.15, 0.2) is 0 Å². The maximum atomic E-state index is 11.9. The first-order valence-corrected chi connectivity index (χ1v) is 7.25. The molecule has 1 aliphatic rings. The van der Waals surface area contributed by atoms with E-state index in [1.807, 2.05) is 13.8 Å². The Hall–Kier alpha value is -0.610. The third-order valence-corrected chi connectivity index (χ3v) is 3.74. The van der Waals surface area contributed by atoms with Crippen molar-refractivity contribution in [3.05, 3.63) is 0 Å². The normalized spacial score (nSPS) is 24.6. The fourth-order valence-corrected chi connectivity index (χ4v) is 2.65. The fraction of sp³-hybridized carbons (Fsp3) is 0.929. The molecule has 106 valence electrons. The van der Waals surface area contributed by atoms with E-state index in [1.165, 1.54) is 12.8 Å². The molecule has 2 atom stereocenters. The Morgan fingerprint density at radius 3 is 2.89 bits per heavy atom. The third-order valence-electron chi connectivity index (χ3n) is 3.74. The van der Waals surface area contributed by atoms with Gasteiger partial charge in [-0.05, 0) is 38.6 Å². The lowest BCUT2D eigenvalue weighted by atomic mass is 9.96. The number of carbonyl (C=O) groups is 1. The maximum Gasteiger partial charge on any atom is 0.239 e. The zero-order valence-electron chi connectivity index (χ0n) is 12.2. The van der Waals surface area contributed by atoms with Crippen LogP contribution in [-0.2, 0) is 4.79 Å². The number of hydrogen-bond donors (Lipinski definition) is 2. The van der Waals surface area contributed by atoms with Gasteiger partial charge >= 0.3 is 0 Å². The molecule has 0 aromatic heterocycles. The smallest absolute Gasteiger partial charge is 0.239 e. The molecule has 4 heteroatoms. The van der Waals surface area contributed by atoms with Crippen LogP contribution in [0.25, 0.3) is 0 Å². The molecule has 1 rings (SSSR count). The van der Waals surface area contributed by atoms with Gasteiger partial charge in [0, 0.05) is 19.6 Å². The van der Waals surface area contributed by atoms with Crippen LogP contribution in [0.5, 0.6) is 0 Å². The Kier molecular flexibility index (Phi) is 6.09. The molecule has 3 N–H and O–H groups in total. The molecule has 0 aliphatic carbocycles. The number of rotatable bonds is 6. The van der Waals surface area contributed by atoms with Gasteiger partial charge in [0.05, 0.1) is 5.54 Å². The van der Waals surface area contributed by atoms with Crippen molar-refractivity contribution in [3.8, 4) is 0 Å². The van der Waals surface area contributed by atoms with Crippen molar-refractivity contribution in [1.82, 2.24) is 10.2 Å². The van der Waals surface area contributed by atoms with Gasteiger partial charge in [-0.1, -0.05) is 20.3 Å². The van der Waals surface area contributed by atoms with Crippen LogP contribution in [-0.4, -0.2) is 42.5 Å². The standard InChI is InChI=1S/C14H29N3O/c1-4-7-14(3,15)13(18)16-8-10-17-9-5-6-12(2)11-17/h12H,4-11,15H2,1-3H3,(H,16,18). The van der Waals surface area contributed by atoms with Crippen LogP contribution in [0.3, 0.4) is 0 Å². The average molecular weight is 255 g/mol. The molecule has 1 aliphatic heterocycles. The van der Waals surface area contributed by atoms with Crippen molar-refractivity contribution >= 4 is 5.91 Å². The SMILES string of the molecule is CCCC(C)(N)C(=O)NCCN1CCCC(C)C1. The van der Waals surface area contributed by atoms with E-state index in [0.717, 1.165) is 38.4 Å². The number of nitrogens with two attached hydrogens (primary N) is 1. The Bertz CT molecular complexity index is 266. The van der Waals surface area contributed by atoms with Gasteiger partial charge in [-0.25, -0.2) is 0 Å². The van der Waals surface area contributed by atoms with Gasteiger partial charge in [0.1, 0.15) is 0 Å². The highest BCUT2D eigenvalue weighted by atomic mass is 16.2. The largest absolute Gasteiger partial charge is 0.353 e. The van der Waals surface area contributed by atoms with E-state index in [9.17, 15) is 4.79 Å². The summed E-state index contributed by atoms with van der Waals surface area (Å²) < 4.78 is 0. The molecule has 0 aromatic rings. The molecular weight excluding hydrogens is 226 g/mol. The fourth-order valence-electron chi connectivity index (χ4n) is 2.65. The van der Waals surface area contributed by atoms with Crippen LogP contribution in [0, 0.1) is 5.92 Å². The summed E-state index contributed by atoms with van der Waals surface area (Å²) in [6.45, 7) is 10.1. The van der Waals surface area contributed by atoms with E-state index >= 15 is 0 Å². The van der Waals surface area contributed by atoms with E-state index < -0.39 is 5.54 Å².